The largest absolute Gasteiger partial charge is 0.468 e. The highest BCUT2D eigenvalue weighted by Crippen LogP contribution is 2.18. The van der Waals surface area contributed by atoms with Crippen LogP contribution in [0.25, 0.3) is 11.0 Å². The van der Waals surface area contributed by atoms with E-state index in [0.29, 0.717) is 0 Å². The van der Waals surface area contributed by atoms with Crippen LogP contribution in [-0.2, 0) is 13.1 Å². The van der Waals surface area contributed by atoms with E-state index in [4.69, 9.17) is 4.42 Å². The molecule has 0 aromatic carbocycles. The molecule has 0 unspecified atom stereocenters. The Morgan fingerprint density at radius 3 is 3.50 bits per heavy atom. The summed E-state index contributed by atoms with van der Waals surface area (Å²) in [6, 6.07) is 0. The Hall–Kier alpha value is -1.29. The molecule has 12 heavy (non-hydrogen) atoms. The van der Waals surface area contributed by atoms with Crippen molar-refractivity contribution >= 4 is 11.0 Å². The van der Waals surface area contributed by atoms with E-state index < -0.39 is 0 Å². The van der Waals surface area contributed by atoms with Crippen LogP contribution in [0.3, 0.4) is 0 Å². The number of imidazole rings is 1. The van der Waals surface area contributed by atoms with Crippen LogP contribution in [0.15, 0.2) is 16.9 Å². The molecule has 0 fully saturated rings. The average Bonchev–Trinajstić information content (AvgIpc) is 2.62. The molecule has 0 radical (unpaired) electrons. The summed E-state index contributed by atoms with van der Waals surface area (Å²) in [5.74, 6) is 1.11. The van der Waals surface area contributed by atoms with Crippen LogP contribution in [0.5, 0.6) is 0 Å². The van der Waals surface area contributed by atoms with Gasteiger partial charge in [0.2, 0.25) is 0 Å². The van der Waals surface area contributed by atoms with Crippen molar-refractivity contribution in [2.24, 2.45) is 0 Å². The molecule has 0 atom stereocenters. The Bertz CT molecular complexity index is 415. The molecule has 4 heteroatoms. The van der Waals surface area contributed by atoms with Gasteiger partial charge >= 0.3 is 0 Å². The normalized spacial score (nSPS) is 16.7. The molecule has 0 saturated carbocycles. The standard InChI is InChI=1S/C8H9N3O/c1-2-11-7-5-12-4-6(7)10-8(11)3-9-1/h4-5,9H,1-3H2. The predicted molar refractivity (Wildman–Crippen MR) is 43.7 cm³/mol. The van der Waals surface area contributed by atoms with Gasteiger partial charge in [0.25, 0.3) is 0 Å². The van der Waals surface area contributed by atoms with Crippen molar-refractivity contribution in [3.8, 4) is 0 Å². The summed E-state index contributed by atoms with van der Waals surface area (Å²) < 4.78 is 7.27. The Kier molecular flexibility index (Phi) is 1.10. The van der Waals surface area contributed by atoms with Gasteiger partial charge in [-0.3, -0.25) is 0 Å². The maximum absolute atomic E-state index is 5.07. The maximum atomic E-state index is 5.07. The summed E-state index contributed by atoms with van der Waals surface area (Å²) in [5.41, 5.74) is 2.08. The zero-order valence-corrected chi connectivity index (χ0v) is 6.58. The van der Waals surface area contributed by atoms with Gasteiger partial charge in [0.05, 0.1) is 6.54 Å². The van der Waals surface area contributed by atoms with Gasteiger partial charge in [0.1, 0.15) is 29.4 Å². The van der Waals surface area contributed by atoms with Crippen molar-refractivity contribution in [2.45, 2.75) is 13.1 Å². The molecular weight excluding hydrogens is 154 g/mol. The van der Waals surface area contributed by atoms with Gasteiger partial charge in [-0.05, 0) is 0 Å². The molecular formula is C8H9N3O. The van der Waals surface area contributed by atoms with Crippen molar-refractivity contribution in [2.75, 3.05) is 6.54 Å². The van der Waals surface area contributed by atoms with Gasteiger partial charge in [-0.2, -0.15) is 0 Å². The fourth-order valence-electron chi connectivity index (χ4n) is 1.68. The fraction of sp³-hybridized carbons (Fsp3) is 0.375. The van der Waals surface area contributed by atoms with Gasteiger partial charge in [-0.25, -0.2) is 4.98 Å². The van der Waals surface area contributed by atoms with Crippen LogP contribution in [0, 0.1) is 0 Å². The van der Waals surface area contributed by atoms with Gasteiger partial charge in [-0.15, -0.1) is 0 Å². The van der Waals surface area contributed by atoms with Gasteiger partial charge in [-0.1, -0.05) is 0 Å². The molecule has 1 aliphatic rings. The minimum Gasteiger partial charge on any atom is -0.468 e. The van der Waals surface area contributed by atoms with Crippen molar-refractivity contribution < 1.29 is 4.42 Å². The first-order valence-corrected chi connectivity index (χ1v) is 4.07. The van der Waals surface area contributed by atoms with E-state index in [1.54, 1.807) is 12.5 Å². The first kappa shape index (κ1) is 6.25. The molecule has 62 valence electrons. The summed E-state index contributed by atoms with van der Waals surface area (Å²) >= 11 is 0. The molecule has 0 spiro atoms. The van der Waals surface area contributed by atoms with E-state index in [9.17, 15) is 0 Å². The third kappa shape index (κ3) is 0.674. The molecule has 0 saturated heterocycles. The highest BCUT2D eigenvalue weighted by molar-refractivity contribution is 5.74. The zero-order chi connectivity index (χ0) is 7.97. The molecule has 0 aliphatic carbocycles. The third-order valence-corrected chi connectivity index (χ3v) is 2.27. The second-order valence-corrected chi connectivity index (χ2v) is 3.00. The fourth-order valence-corrected chi connectivity index (χ4v) is 1.68. The van der Waals surface area contributed by atoms with Gasteiger partial charge < -0.3 is 14.3 Å². The predicted octanol–water partition coefficient (Wildman–Crippen LogP) is 0.732. The van der Waals surface area contributed by atoms with Crippen LogP contribution < -0.4 is 5.32 Å². The number of fused-ring (bicyclic) bond motifs is 3. The molecule has 3 heterocycles. The minimum atomic E-state index is 0.870. The summed E-state index contributed by atoms with van der Waals surface area (Å²) in [7, 11) is 0. The number of nitrogens with one attached hydrogen (secondary N) is 1. The minimum absolute atomic E-state index is 0.870. The quantitative estimate of drug-likeness (QED) is 0.622. The third-order valence-electron chi connectivity index (χ3n) is 2.27. The lowest BCUT2D eigenvalue weighted by Gasteiger charge is -2.14. The van der Waals surface area contributed by atoms with E-state index >= 15 is 0 Å². The SMILES string of the molecule is c1occ2c1nc1n2CCNC1. The first-order chi connectivity index (χ1) is 5.95. The second kappa shape index (κ2) is 2.10. The number of nitrogens with zero attached hydrogens (tertiary/aromatic N) is 2. The van der Waals surface area contributed by atoms with Crippen LogP contribution in [0.1, 0.15) is 5.82 Å². The van der Waals surface area contributed by atoms with Crippen molar-refractivity contribution in [3.63, 3.8) is 0 Å². The number of hydrogen-bond acceptors (Lipinski definition) is 3. The Morgan fingerprint density at radius 2 is 2.50 bits per heavy atom. The van der Waals surface area contributed by atoms with Crippen LogP contribution in [-0.4, -0.2) is 16.1 Å². The summed E-state index contributed by atoms with van der Waals surface area (Å²) in [5, 5.41) is 3.28. The molecule has 0 amide bonds. The number of furan rings is 1. The summed E-state index contributed by atoms with van der Waals surface area (Å²) in [6.07, 6.45) is 3.46. The maximum Gasteiger partial charge on any atom is 0.127 e. The smallest absolute Gasteiger partial charge is 0.127 e. The van der Waals surface area contributed by atoms with Gasteiger partial charge in [0.15, 0.2) is 0 Å². The van der Waals surface area contributed by atoms with E-state index in [1.807, 2.05) is 0 Å². The second-order valence-electron chi connectivity index (χ2n) is 3.00. The molecule has 3 rings (SSSR count). The molecule has 0 bridgehead atoms. The van der Waals surface area contributed by atoms with E-state index in [1.165, 1.54) is 0 Å². The lowest BCUT2D eigenvalue weighted by Crippen LogP contribution is -2.28. The molecule has 1 aliphatic heterocycles. The molecule has 2 aromatic heterocycles. The first-order valence-electron chi connectivity index (χ1n) is 4.07. The highest BCUT2D eigenvalue weighted by Gasteiger charge is 2.14. The number of hydrogen-bond donors (Lipinski definition) is 1. The van der Waals surface area contributed by atoms with Crippen molar-refractivity contribution in [1.82, 2.24) is 14.9 Å². The van der Waals surface area contributed by atoms with Gasteiger partial charge in [0, 0.05) is 13.1 Å². The van der Waals surface area contributed by atoms with Crippen molar-refractivity contribution in [1.29, 1.82) is 0 Å². The summed E-state index contributed by atoms with van der Waals surface area (Å²) in [4.78, 5) is 4.42. The number of rotatable bonds is 0. The van der Waals surface area contributed by atoms with E-state index in [2.05, 4.69) is 14.9 Å². The van der Waals surface area contributed by atoms with E-state index in [0.717, 1.165) is 36.5 Å². The zero-order valence-electron chi connectivity index (χ0n) is 6.58. The van der Waals surface area contributed by atoms with Crippen LogP contribution >= 0.6 is 0 Å². The van der Waals surface area contributed by atoms with Crippen LogP contribution in [0.4, 0.5) is 0 Å². The Morgan fingerprint density at radius 1 is 1.50 bits per heavy atom. The van der Waals surface area contributed by atoms with Crippen molar-refractivity contribution in [3.05, 3.63) is 18.4 Å². The van der Waals surface area contributed by atoms with Crippen LogP contribution in [0.2, 0.25) is 0 Å². The monoisotopic (exact) mass is 163 g/mol. The molecule has 4 nitrogen and oxygen atoms in total. The molecule has 2 aromatic rings. The van der Waals surface area contributed by atoms with E-state index in [-0.39, 0.29) is 0 Å². The Labute approximate surface area is 69.2 Å². The number of aromatic nitrogens is 2. The summed E-state index contributed by atoms with van der Waals surface area (Å²) in [6.45, 7) is 2.88. The average molecular weight is 163 g/mol. The highest BCUT2D eigenvalue weighted by atomic mass is 16.3. The Balaban J connectivity index is 2.34. The lowest BCUT2D eigenvalue weighted by atomic mass is 10.4. The lowest BCUT2D eigenvalue weighted by molar-refractivity contribution is 0.507. The topological polar surface area (TPSA) is 43.0 Å². The molecule has 1 N–H and O–H groups in total.